The minimum Gasteiger partial charge on any atom is -0.355 e. The van der Waals surface area contributed by atoms with Gasteiger partial charge in [0.25, 0.3) is 5.91 Å². The number of hydrogen-bond donors (Lipinski definition) is 2. The lowest BCUT2D eigenvalue weighted by atomic mass is 9.88. The average molecular weight is 275 g/mol. The summed E-state index contributed by atoms with van der Waals surface area (Å²) in [5, 5.41) is 2.68. The molecule has 1 aromatic rings. The molecule has 0 aliphatic carbocycles. The highest BCUT2D eigenvalue weighted by Crippen LogP contribution is 2.28. The normalized spacial score (nSPS) is 17.1. The van der Waals surface area contributed by atoms with Gasteiger partial charge in [0.15, 0.2) is 0 Å². The van der Waals surface area contributed by atoms with Gasteiger partial charge in [0, 0.05) is 12.6 Å². The first kappa shape index (κ1) is 15.0. The molecule has 110 valence electrons. The Morgan fingerprint density at radius 1 is 1.40 bits per heavy atom. The highest BCUT2D eigenvalue weighted by atomic mass is 16.1. The van der Waals surface area contributed by atoms with Crippen LogP contribution in [0, 0.1) is 0 Å². The van der Waals surface area contributed by atoms with Crippen molar-refractivity contribution in [1.82, 2.24) is 10.2 Å². The molecule has 0 unspecified atom stereocenters. The maximum atomic E-state index is 11.7. The van der Waals surface area contributed by atoms with E-state index in [-0.39, 0.29) is 5.91 Å². The highest BCUT2D eigenvalue weighted by Gasteiger charge is 2.20. The Morgan fingerprint density at radius 3 is 2.80 bits per heavy atom. The molecule has 0 bridgehead atoms. The number of nitrogens with one attached hydrogen (secondary N) is 1. The lowest BCUT2D eigenvalue weighted by Crippen LogP contribution is -2.34. The number of likely N-dealkylation sites (tertiary alicyclic amines) is 1. The third kappa shape index (κ3) is 3.81. The largest absolute Gasteiger partial charge is 0.355 e. The van der Waals surface area contributed by atoms with Gasteiger partial charge in [0.1, 0.15) is 0 Å². The van der Waals surface area contributed by atoms with Crippen LogP contribution in [0.4, 0.5) is 0 Å². The van der Waals surface area contributed by atoms with Gasteiger partial charge in [-0.1, -0.05) is 12.1 Å². The number of benzene rings is 1. The number of rotatable bonds is 5. The molecule has 1 fully saturated rings. The summed E-state index contributed by atoms with van der Waals surface area (Å²) >= 11 is 0. The Labute approximate surface area is 121 Å². The Morgan fingerprint density at radius 2 is 2.15 bits per heavy atom. The molecule has 3 N–H and O–H groups in total. The van der Waals surface area contributed by atoms with Gasteiger partial charge in [0.2, 0.25) is 0 Å². The van der Waals surface area contributed by atoms with Gasteiger partial charge >= 0.3 is 0 Å². The number of nitrogens with zero attached hydrogens (tertiary/aromatic N) is 1. The van der Waals surface area contributed by atoms with Crippen LogP contribution in [0.15, 0.2) is 24.3 Å². The zero-order chi connectivity index (χ0) is 14.4. The third-order valence-corrected chi connectivity index (χ3v) is 4.11. The number of amides is 1. The van der Waals surface area contributed by atoms with E-state index in [0.717, 1.165) is 38.2 Å². The van der Waals surface area contributed by atoms with Crippen molar-refractivity contribution in [2.75, 3.05) is 33.2 Å². The quantitative estimate of drug-likeness (QED) is 0.857. The van der Waals surface area contributed by atoms with Crippen LogP contribution >= 0.6 is 0 Å². The molecule has 1 heterocycles. The minimum absolute atomic E-state index is 0.00719. The monoisotopic (exact) mass is 275 g/mol. The first-order chi connectivity index (χ1) is 9.74. The number of piperidine rings is 1. The van der Waals surface area contributed by atoms with Crippen molar-refractivity contribution in [2.45, 2.75) is 25.2 Å². The molecule has 0 aromatic heterocycles. The zero-order valence-corrected chi connectivity index (χ0v) is 12.3. The van der Waals surface area contributed by atoms with E-state index in [1.807, 2.05) is 18.2 Å². The van der Waals surface area contributed by atoms with E-state index < -0.39 is 0 Å². The second-order valence-corrected chi connectivity index (χ2v) is 5.46. The topological polar surface area (TPSA) is 58.4 Å². The predicted octanol–water partition coefficient (Wildman–Crippen LogP) is 1.57. The zero-order valence-electron chi connectivity index (χ0n) is 12.3. The molecule has 1 aliphatic rings. The fraction of sp³-hybridized carbons (Fsp3) is 0.562. The van der Waals surface area contributed by atoms with Crippen LogP contribution in [0.5, 0.6) is 0 Å². The third-order valence-electron chi connectivity index (χ3n) is 4.11. The second kappa shape index (κ2) is 7.41. The second-order valence-electron chi connectivity index (χ2n) is 5.46. The van der Waals surface area contributed by atoms with Crippen LogP contribution in [0.25, 0.3) is 0 Å². The van der Waals surface area contributed by atoms with Crippen molar-refractivity contribution < 1.29 is 4.79 Å². The summed E-state index contributed by atoms with van der Waals surface area (Å²) in [6, 6.07) is 8.05. The van der Waals surface area contributed by atoms with E-state index in [1.165, 1.54) is 18.4 Å². The predicted molar refractivity (Wildman–Crippen MR) is 81.9 cm³/mol. The first-order valence-electron chi connectivity index (χ1n) is 7.49. The molecule has 1 aromatic carbocycles. The molecule has 0 spiro atoms. The van der Waals surface area contributed by atoms with Gasteiger partial charge < -0.3 is 16.0 Å². The summed E-state index contributed by atoms with van der Waals surface area (Å²) in [4.78, 5) is 14.2. The summed E-state index contributed by atoms with van der Waals surface area (Å²) < 4.78 is 0. The molecule has 1 amide bonds. The van der Waals surface area contributed by atoms with Crippen molar-refractivity contribution in [3.05, 3.63) is 35.4 Å². The Balaban J connectivity index is 1.95. The van der Waals surface area contributed by atoms with E-state index in [4.69, 9.17) is 5.73 Å². The van der Waals surface area contributed by atoms with Crippen molar-refractivity contribution in [1.29, 1.82) is 0 Å². The average Bonchev–Trinajstić information content (AvgIpc) is 2.52. The van der Waals surface area contributed by atoms with Gasteiger partial charge in [-0.2, -0.15) is 0 Å². The molecule has 1 saturated heterocycles. The van der Waals surface area contributed by atoms with Gasteiger partial charge in [-0.05, 0) is 69.1 Å². The molecular weight excluding hydrogens is 250 g/mol. The summed E-state index contributed by atoms with van der Waals surface area (Å²) in [6.07, 6.45) is 3.42. The smallest absolute Gasteiger partial charge is 0.251 e. The summed E-state index contributed by atoms with van der Waals surface area (Å²) in [7, 11) is 1.67. The lowest BCUT2D eigenvalue weighted by Gasteiger charge is -2.32. The fourth-order valence-corrected chi connectivity index (χ4v) is 2.88. The van der Waals surface area contributed by atoms with Crippen LogP contribution < -0.4 is 11.1 Å². The van der Waals surface area contributed by atoms with Crippen LogP contribution in [0.2, 0.25) is 0 Å². The van der Waals surface area contributed by atoms with E-state index in [1.54, 1.807) is 7.05 Å². The van der Waals surface area contributed by atoms with Crippen molar-refractivity contribution >= 4 is 5.91 Å². The Bertz CT molecular complexity index is 439. The molecule has 4 heteroatoms. The van der Waals surface area contributed by atoms with Crippen molar-refractivity contribution in [2.24, 2.45) is 5.73 Å². The van der Waals surface area contributed by atoms with Crippen LogP contribution in [0.3, 0.4) is 0 Å². The standard InChI is InChI=1S/C16H25N3O/c1-18-16(20)15-5-2-4-14(12-15)13-6-10-19(11-7-13)9-3-8-17/h2,4-5,12-13H,3,6-11,17H2,1H3,(H,18,20). The van der Waals surface area contributed by atoms with E-state index in [9.17, 15) is 4.79 Å². The van der Waals surface area contributed by atoms with Crippen molar-refractivity contribution in [3.8, 4) is 0 Å². The van der Waals surface area contributed by atoms with E-state index in [2.05, 4.69) is 16.3 Å². The van der Waals surface area contributed by atoms with Gasteiger partial charge in [0.05, 0.1) is 0 Å². The van der Waals surface area contributed by atoms with E-state index in [0.29, 0.717) is 5.92 Å². The number of carbonyl (C=O) groups excluding carboxylic acids is 1. The molecule has 1 aliphatic heterocycles. The van der Waals surface area contributed by atoms with Crippen LogP contribution in [0.1, 0.15) is 41.1 Å². The van der Waals surface area contributed by atoms with Crippen LogP contribution in [-0.4, -0.2) is 44.0 Å². The van der Waals surface area contributed by atoms with Gasteiger partial charge in [-0.3, -0.25) is 4.79 Å². The summed E-state index contributed by atoms with van der Waals surface area (Å²) in [6.45, 7) is 4.15. The SMILES string of the molecule is CNC(=O)c1cccc(C2CCN(CCCN)CC2)c1. The summed E-state index contributed by atoms with van der Waals surface area (Å²) in [5.74, 6) is 0.570. The number of nitrogens with two attached hydrogens (primary N) is 1. The Hall–Kier alpha value is -1.39. The molecule has 0 atom stereocenters. The fourth-order valence-electron chi connectivity index (χ4n) is 2.88. The molecule has 20 heavy (non-hydrogen) atoms. The molecule has 0 saturated carbocycles. The van der Waals surface area contributed by atoms with Gasteiger partial charge in [-0.25, -0.2) is 0 Å². The first-order valence-corrected chi connectivity index (χ1v) is 7.49. The lowest BCUT2D eigenvalue weighted by molar-refractivity contribution is 0.0963. The van der Waals surface area contributed by atoms with Gasteiger partial charge in [-0.15, -0.1) is 0 Å². The maximum Gasteiger partial charge on any atom is 0.251 e. The van der Waals surface area contributed by atoms with Crippen molar-refractivity contribution in [3.63, 3.8) is 0 Å². The minimum atomic E-state index is -0.00719. The maximum absolute atomic E-state index is 11.7. The van der Waals surface area contributed by atoms with Crippen LogP contribution in [-0.2, 0) is 0 Å². The van der Waals surface area contributed by atoms with E-state index >= 15 is 0 Å². The molecule has 2 rings (SSSR count). The highest BCUT2D eigenvalue weighted by molar-refractivity contribution is 5.94. The Kier molecular flexibility index (Phi) is 5.56. The number of hydrogen-bond acceptors (Lipinski definition) is 3. The summed E-state index contributed by atoms with van der Waals surface area (Å²) in [5.41, 5.74) is 7.61. The molecule has 4 nitrogen and oxygen atoms in total. The molecular formula is C16H25N3O. The number of carbonyl (C=O) groups is 1. The molecule has 0 radical (unpaired) electrons.